The van der Waals surface area contributed by atoms with E-state index in [1.165, 1.54) is 133 Å². The van der Waals surface area contributed by atoms with Crippen molar-refractivity contribution >= 4 is 184 Å². The zero-order chi connectivity index (χ0) is 99.2. The van der Waals surface area contributed by atoms with Gasteiger partial charge in [-0.2, -0.15) is 0 Å². The summed E-state index contributed by atoms with van der Waals surface area (Å²) in [6.07, 6.45) is 0. The maximum atomic E-state index is 10.9. The van der Waals surface area contributed by atoms with E-state index in [1.54, 1.807) is 31.9 Å². The van der Waals surface area contributed by atoms with E-state index in [9.17, 15) is 38.4 Å². The average Bonchev–Trinajstić information content (AvgIpc) is 0.751. The number of carbonyl (C=O) groups excluding carboxylic acids is 4. The van der Waals surface area contributed by atoms with Gasteiger partial charge in [-0.25, -0.2) is 19.2 Å². The number of carbonyl (C=O) groups is 8. The van der Waals surface area contributed by atoms with Crippen LogP contribution in [0.3, 0.4) is 0 Å². The Morgan fingerprint density at radius 1 is 0.139 bits per heavy atom. The van der Waals surface area contributed by atoms with Crippen LogP contribution in [-0.4, -0.2) is 89.8 Å². The first-order valence-corrected chi connectivity index (χ1v) is 51.5. The molecule has 0 aliphatic carbocycles. The maximum absolute atomic E-state index is 10.9. The normalized spacial score (nSPS) is 10.2. The minimum Gasteiger partial charge on any atom is -0.0620 e. The molecule has 18 aromatic rings. The van der Waals surface area contributed by atoms with Gasteiger partial charge in [0.2, 0.25) is 0 Å². The number of benzene rings is 18. The first-order chi connectivity index (χ1) is 68.5. The molecule has 0 bridgehead atoms. The molecule has 0 radical (unpaired) electrons. The number of hydrogen-bond donors (Lipinski definition) is 4. The molecule has 0 saturated heterocycles. The van der Waals surface area contributed by atoms with E-state index in [-0.39, 0.29) is 44.7 Å². The third-order valence-electron chi connectivity index (χ3n) is 21.7. The van der Waals surface area contributed by atoms with Gasteiger partial charge in [0, 0.05) is 0 Å². The van der Waals surface area contributed by atoms with Crippen LogP contribution in [0.5, 0.6) is 0 Å². The number of carboxylic acids is 4. The van der Waals surface area contributed by atoms with Gasteiger partial charge >= 0.3 is 63.4 Å². The molecule has 4 amide bonds. The van der Waals surface area contributed by atoms with E-state index < -0.39 is 76.6 Å². The van der Waals surface area contributed by atoms with Crippen molar-refractivity contribution in [3.63, 3.8) is 0 Å². The predicted octanol–water partition coefficient (Wildman–Crippen LogP) is 15.5. The SMILES string of the molecule is O.O.O.O.O=C(O)C(=O)[N-]c1ccccc1[N-]C(=O)C(=O)O.O=C(O)C(=O)[N-]c1ccccc1[N-]C(=O)C(=O)O.[O]=[Mn].[O]=[Mn].c1ccc([P+](c2ccccc2)(c2ccccc2)c2ccccc2)cc1.c1ccc([P+](c2ccccc2)(c2ccccc2)c2ccccc2)cc1.c1ccc([P+](c2ccccc2)(c2ccccc2)c2ccccc2)cc1.c1ccc([P+](c2ccccc2)(c2ccccc2)c2ccccc2)cc1. The quantitative estimate of drug-likeness (QED) is 0.0313. The monoisotopic (exact) mass is 2070 g/mol. The van der Waals surface area contributed by atoms with Crippen molar-refractivity contribution in [3.05, 3.63) is 555 Å². The molecule has 0 fully saturated rings. The Morgan fingerprint density at radius 3 is 0.278 bits per heavy atom. The smallest absolute Gasteiger partial charge is 0.0620 e. The van der Waals surface area contributed by atoms with E-state index in [0.29, 0.717) is 0 Å². The molecular formula is C116H100Mn2N4O18P4. The van der Waals surface area contributed by atoms with Gasteiger partial charge in [0.1, 0.15) is 114 Å². The second-order valence-corrected chi connectivity index (χ2v) is 43.5. The Hall–Kier alpha value is -16.1. The van der Waals surface area contributed by atoms with E-state index in [1.807, 2.05) is 0 Å². The summed E-state index contributed by atoms with van der Waals surface area (Å²) in [7, 11) is -7.62. The van der Waals surface area contributed by atoms with Gasteiger partial charge in [-0.05, 0) is 194 Å². The van der Waals surface area contributed by atoms with Crippen LogP contribution < -0.4 is 84.9 Å². The molecule has 18 rings (SSSR count). The minimum absolute atomic E-state index is 0. The van der Waals surface area contributed by atoms with Crippen molar-refractivity contribution < 1.29 is 120 Å². The molecule has 0 heterocycles. The molecule has 0 aromatic heterocycles. The van der Waals surface area contributed by atoms with Crippen LogP contribution in [-0.2, 0) is 77.9 Å². The van der Waals surface area contributed by atoms with Gasteiger partial charge in [0.05, 0.1) is 0 Å². The Morgan fingerprint density at radius 2 is 0.208 bits per heavy atom. The largest absolute Gasteiger partial charge is 0.144 e. The molecule has 0 saturated carbocycles. The number of aliphatic carboxylic acids is 4. The summed E-state index contributed by atoms with van der Waals surface area (Å²) in [4.78, 5) is 84.7. The fourth-order valence-corrected chi connectivity index (χ4v) is 33.0. The van der Waals surface area contributed by atoms with Crippen LogP contribution in [0, 0.1) is 0 Å². The van der Waals surface area contributed by atoms with Gasteiger partial charge in [-0.3, -0.25) is 0 Å². The molecule has 28 heteroatoms. The molecule has 0 unspecified atom stereocenters. The standard InChI is InChI=1S/4C24H20P.2C10H8N2O6.2Mn.4H2O.2O/c4*1-5-13-21(14-6-1)25(22-15-7-2-8-16-22,23-17-9-3-10-18-23)24-19-11-4-12-20-24;2*13-7(9(15)16)11-5-3-1-2-4-6(5)12-8(14)10(17)18;;;;;;;;/h4*1-20H;2*1-4H,(H4,11,12,13,14,15,16,17,18);;;4*1H2;;/q4*+1;;;;;;;;;;/p-4. The molecule has 144 heavy (non-hydrogen) atoms. The van der Waals surface area contributed by atoms with E-state index >= 15 is 0 Å². The Kier molecular flexibility index (Phi) is 47.5. The van der Waals surface area contributed by atoms with Crippen molar-refractivity contribution in [3.8, 4) is 0 Å². The van der Waals surface area contributed by atoms with Crippen molar-refractivity contribution in [2.24, 2.45) is 0 Å². The van der Waals surface area contributed by atoms with Crippen LogP contribution in [0.15, 0.2) is 534 Å². The second-order valence-electron chi connectivity index (χ2n) is 29.9. The topological polar surface area (TPSA) is 434 Å². The Balaban J connectivity index is 0.000000233. The molecule has 726 valence electrons. The average molecular weight is 2070 g/mol. The fraction of sp³-hybridized carbons (Fsp3) is 0. The Labute approximate surface area is 853 Å². The van der Waals surface area contributed by atoms with Crippen LogP contribution in [0.2, 0.25) is 0 Å². The number of nitrogens with zero attached hydrogens (tertiary/aromatic N) is 4. The number of rotatable bonds is 20. The number of hydrogen-bond acceptors (Lipinski definition) is 10. The summed E-state index contributed by atoms with van der Waals surface area (Å²) in [6.45, 7) is 0. The molecule has 12 N–H and O–H groups in total. The molecule has 0 aliphatic rings. The predicted molar refractivity (Wildman–Crippen MR) is 576 cm³/mol. The van der Waals surface area contributed by atoms with E-state index in [2.05, 4.69) is 507 Å². The van der Waals surface area contributed by atoms with Gasteiger partial charge in [-0.1, -0.05) is 340 Å². The zero-order valence-corrected chi connectivity index (χ0v) is 83.0. The maximum Gasteiger partial charge on any atom is 0.144 e. The van der Waals surface area contributed by atoms with Gasteiger partial charge in [0.15, 0.2) is 23.6 Å². The molecular weight excluding hydrogens is 1970 g/mol. The molecule has 0 aliphatic heterocycles. The number of amides is 4. The fourth-order valence-electron chi connectivity index (χ4n) is 15.9. The van der Waals surface area contributed by atoms with Crippen molar-refractivity contribution in [2.45, 2.75) is 0 Å². The van der Waals surface area contributed by atoms with Crippen LogP contribution in [0.4, 0.5) is 22.7 Å². The Bertz CT molecular complexity index is 5470. The first-order valence-electron chi connectivity index (χ1n) is 43.4. The third-order valence-corrected chi connectivity index (χ3v) is 38.8. The molecule has 0 atom stereocenters. The summed E-state index contributed by atoms with van der Waals surface area (Å²) in [6, 6.07) is 186. The molecule has 0 spiro atoms. The summed E-state index contributed by atoms with van der Waals surface area (Å²) in [5.41, 5.74) is -0.780. The molecule has 22 nitrogen and oxygen atoms in total. The summed E-state index contributed by atoms with van der Waals surface area (Å²) < 4.78 is 16.1. The zero-order valence-electron chi connectivity index (χ0n) is 77.0. The third kappa shape index (κ3) is 28.6. The van der Waals surface area contributed by atoms with Gasteiger partial charge < -0.3 is 82.8 Å². The van der Waals surface area contributed by atoms with Gasteiger partial charge in [0.25, 0.3) is 0 Å². The van der Waals surface area contributed by atoms with Crippen LogP contribution in [0.1, 0.15) is 0 Å². The summed E-state index contributed by atoms with van der Waals surface area (Å²) in [5, 5.41) is 68.5. The first kappa shape index (κ1) is 115. The number of para-hydroxylation sites is 4. The van der Waals surface area contributed by atoms with Crippen LogP contribution in [0.25, 0.3) is 21.3 Å². The van der Waals surface area contributed by atoms with E-state index in [0.717, 1.165) is 0 Å². The second kappa shape index (κ2) is 59.5. The minimum atomic E-state index is -1.91. The summed E-state index contributed by atoms with van der Waals surface area (Å²) in [5.74, 6) is -12.9. The summed E-state index contributed by atoms with van der Waals surface area (Å²) >= 11 is 3.38. The van der Waals surface area contributed by atoms with Gasteiger partial charge in [-0.15, -0.1) is 22.7 Å². The van der Waals surface area contributed by atoms with E-state index in [4.69, 9.17) is 28.1 Å². The van der Waals surface area contributed by atoms with Crippen LogP contribution >= 0.6 is 29.0 Å². The number of carboxylic acid groups (broad SMARTS) is 4. The van der Waals surface area contributed by atoms with Crippen molar-refractivity contribution in [1.29, 1.82) is 0 Å². The molecule has 18 aromatic carbocycles. The van der Waals surface area contributed by atoms with Crippen molar-refractivity contribution in [1.82, 2.24) is 0 Å². The van der Waals surface area contributed by atoms with Crippen molar-refractivity contribution in [2.75, 3.05) is 0 Å².